The Hall–Kier alpha value is -2.17. The van der Waals surface area contributed by atoms with Gasteiger partial charge in [-0.3, -0.25) is 0 Å². The van der Waals surface area contributed by atoms with E-state index in [1.807, 2.05) is 24.3 Å². The first-order valence-electron chi connectivity index (χ1n) is 6.99. The minimum atomic E-state index is -3.14. The molecule has 6 nitrogen and oxygen atoms in total. The third kappa shape index (κ3) is 2.75. The zero-order valence-electron chi connectivity index (χ0n) is 12.2. The van der Waals surface area contributed by atoms with E-state index in [1.165, 1.54) is 10.6 Å². The molecule has 1 saturated heterocycles. The molecule has 0 amide bonds. The molecular weight excluding hydrogens is 300 g/mol. The molecule has 1 fully saturated rings. The van der Waals surface area contributed by atoms with Crippen LogP contribution in [0.25, 0.3) is 10.9 Å². The molecule has 1 aromatic heterocycles. The summed E-state index contributed by atoms with van der Waals surface area (Å²) < 4.78 is 24.7. The van der Waals surface area contributed by atoms with Gasteiger partial charge in [0.05, 0.1) is 11.8 Å². The first-order valence-corrected chi connectivity index (χ1v) is 8.84. The van der Waals surface area contributed by atoms with Gasteiger partial charge in [-0.1, -0.05) is 18.2 Å². The van der Waals surface area contributed by atoms with Gasteiger partial charge in [0.2, 0.25) is 10.0 Å². The number of pyridine rings is 1. The molecule has 3 rings (SSSR count). The van der Waals surface area contributed by atoms with Crippen LogP contribution in [-0.4, -0.2) is 50.1 Å². The van der Waals surface area contributed by atoms with Crippen molar-refractivity contribution in [2.45, 2.75) is 0 Å². The van der Waals surface area contributed by atoms with Crippen molar-refractivity contribution in [2.24, 2.45) is 0 Å². The van der Waals surface area contributed by atoms with Crippen molar-refractivity contribution in [3.05, 3.63) is 36.0 Å². The van der Waals surface area contributed by atoms with Crippen LogP contribution in [-0.2, 0) is 10.0 Å². The Morgan fingerprint density at radius 3 is 2.50 bits per heavy atom. The van der Waals surface area contributed by atoms with E-state index in [0.717, 1.165) is 16.6 Å². The van der Waals surface area contributed by atoms with E-state index in [2.05, 4.69) is 16.0 Å². The molecule has 0 N–H and O–H groups in total. The highest BCUT2D eigenvalue weighted by atomic mass is 32.2. The van der Waals surface area contributed by atoms with E-state index in [9.17, 15) is 8.42 Å². The zero-order valence-corrected chi connectivity index (χ0v) is 13.0. The normalized spacial score (nSPS) is 16.6. The van der Waals surface area contributed by atoms with Crippen molar-refractivity contribution in [3.8, 4) is 6.07 Å². The third-order valence-corrected chi connectivity index (χ3v) is 5.16. The van der Waals surface area contributed by atoms with E-state index in [4.69, 9.17) is 5.26 Å². The van der Waals surface area contributed by atoms with Crippen LogP contribution in [0, 0.1) is 11.3 Å². The van der Waals surface area contributed by atoms with Crippen LogP contribution in [0.15, 0.2) is 30.3 Å². The van der Waals surface area contributed by atoms with Crippen LogP contribution in [0.5, 0.6) is 0 Å². The maximum atomic E-state index is 11.6. The number of aromatic nitrogens is 1. The highest BCUT2D eigenvalue weighted by molar-refractivity contribution is 7.88. The van der Waals surface area contributed by atoms with Crippen LogP contribution in [0.3, 0.4) is 0 Å². The summed E-state index contributed by atoms with van der Waals surface area (Å²) in [6, 6.07) is 11.5. The molecule has 0 unspecified atom stereocenters. The van der Waals surface area contributed by atoms with E-state index in [0.29, 0.717) is 31.9 Å². The van der Waals surface area contributed by atoms with Gasteiger partial charge in [-0.05, 0) is 12.1 Å². The molecule has 22 heavy (non-hydrogen) atoms. The lowest BCUT2D eigenvalue weighted by atomic mass is 10.1. The number of benzene rings is 1. The molecular formula is C15H16N4O2S. The van der Waals surface area contributed by atoms with Gasteiger partial charge in [-0.15, -0.1) is 0 Å². The van der Waals surface area contributed by atoms with Crippen molar-refractivity contribution >= 4 is 26.6 Å². The van der Waals surface area contributed by atoms with Crippen LogP contribution >= 0.6 is 0 Å². The maximum Gasteiger partial charge on any atom is 0.211 e. The minimum absolute atomic E-state index is 0.374. The standard InChI is InChI=1S/C15H16N4O2S/c1-22(20,21)19-8-6-18(7-9-19)15-10-12(11-16)17-14-5-3-2-4-13(14)15/h2-5,10H,6-9H2,1H3. The van der Waals surface area contributed by atoms with Crippen molar-refractivity contribution < 1.29 is 8.42 Å². The molecule has 0 saturated carbocycles. The van der Waals surface area contributed by atoms with Gasteiger partial charge in [-0.2, -0.15) is 9.57 Å². The van der Waals surface area contributed by atoms with Crippen LogP contribution in [0.4, 0.5) is 5.69 Å². The summed E-state index contributed by atoms with van der Waals surface area (Å²) in [4.78, 5) is 6.43. The summed E-state index contributed by atoms with van der Waals surface area (Å²) >= 11 is 0. The van der Waals surface area contributed by atoms with Gasteiger partial charge < -0.3 is 4.90 Å². The molecule has 1 aromatic carbocycles. The van der Waals surface area contributed by atoms with Gasteiger partial charge >= 0.3 is 0 Å². The summed E-state index contributed by atoms with van der Waals surface area (Å²) in [5, 5.41) is 10.1. The Morgan fingerprint density at radius 2 is 1.86 bits per heavy atom. The second-order valence-electron chi connectivity index (χ2n) is 5.30. The monoisotopic (exact) mass is 316 g/mol. The molecule has 0 spiro atoms. The number of fused-ring (bicyclic) bond motifs is 1. The summed E-state index contributed by atoms with van der Waals surface area (Å²) in [5.41, 5.74) is 2.09. The minimum Gasteiger partial charge on any atom is -0.368 e. The number of piperazine rings is 1. The number of rotatable bonds is 2. The van der Waals surface area contributed by atoms with Crippen molar-refractivity contribution in [1.29, 1.82) is 5.26 Å². The Bertz CT molecular complexity index is 849. The highest BCUT2D eigenvalue weighted by Crippen LogP contribution is 2.27. The van der Waals surface area contributed by atoms with E-state index in [-0.39, 0.29) is 0 Å². The number of nitrogens with zero attached hydrogens (tertiary/aromatic N) is 4. The number of para-hydroxylation sites is 1. The van der Waals surface area contributed by atoms with Crippen LogP contribution < -0.4 is 4.90 Å². The van der Waals surface area contributed by atoms with E-state index < -0.39 is 10.0 Å². The lowest BCUT2D eigenvalue weighted by Gasteiger charge is -2.35. The van der Waals surface area contributed by atoms with E-state index >= 15 is 0 Å². The van der Waals surface area contributed by atoms with Crippen LogP contribution in [0.2, 0.25) is 0 Å². The molecule has 0 bridgehead atoms. The SMILES string of the molecule is CS(=O)(=O)N1CCN(c2cc(C#N)nc3ccccc23)CC1. The molecule has 1 aliphatic rings. The number of hydrogen-bond acceptors (Lipinski definition) is 5. The predicted octanol–water partition coefficient (Wildman–Crippen LogP) is 1.19. The average Bonchev–Trinajstić information content (AvgIpc) is 2.53. The Balaban J connectivity index is 1.96. The van der Waals surface area contributed by atoms with Crippen molar-refractivity contribution in [3.63, 3.8) is 0 Å². The fourth-order valence-corrected chi connectivity index (χ4v) is 3.56. The number of anilines is 1. The molecule has 2 heterocycles. The Morgan fingerprint density at radius 1 is 1.18 bits per heavy atom. The molecule has 0 atom stereocenters. The zero-order chi connectivity index (χ0) is 15.7. The van der Waals surface area contributed by atoms with Crippen molar-refractivity contribution in [1.82, 2.24) is 9.29 Å². The summed E-state index contributed by atoms with van der Waals surface area (Å²) in [6.07, 6.45) is 1.23. The van der Waals surface area contributed by atoms with Gasteiger partial charge in [0.15, 0.2) is 0 Å². The fraction of sp³-hybridized carbons (Fsp3) is 0.333. The Labute approximate surface area is 129 Å². The third-order valence-electron chi connectivity index (χ3n) is 3.86. The molecule has 0 radical (unpaired) electrons. The van der Waals surface area contributed by atoms with Crippen LogP contribution in [0.1, 0.15) is 5.69 Å². The first kappa shape index (κ1) is 14.8. The quantitative estimate of drug-likeness (QED) is 0.831. The number of nitriles is 1. The molecule has 2 aromatic rings. The highest BCUT2D eigenvalue weighted by Gasteiger charge is 2.24. The lowest BCUT2D eigenvalue weighted by molar-refractivity contribution is 0.388. The Kier molecular flexibility index (Phi) is 3.72. The average molecular weight is 316 g/mol. The summed E-state index contributed by atoms with van der Waals surface area (Å²) in [5.74, 6) is 0. The maximum absolute atomic E-state index is 11.6. The van der Waals surface area contributed by atoms with Gasteiger partial charge in [-0.25, -0.2) is 13.4 Å². The topological polar surface area (TPSA) is 77.3 Å². The van der Waals surface area contributed by atoms with E-state index in [1.54, 1.807) is 6.07 Å². The largest absolute Gasteiger partial charge is 0.368 e. The molecule has 0 aliphatic carbocycles. The predicted molar refractivity (Wildman–Crippen MR) is 85.1 cm³/mol. The lowest BCUT2D eigenvalue weighted by Crippen LogP contribution is -2.48. The van der Waals surface area contributed by atoms with Gasteiger partial charge in [0.1, 0.15) is 11.8 Å². The van der Waals surface area contributed by atoms with Gasteiger partial charge in [0.25, 0.3) is 0 Å². The number of sulfonamides is 1. The molecule has 1 aliphatic heterocycles. The first-order chi connectivity index (χ1) is 10.5. The molecule has 114 valence electrons. The molecule has 7 heteroatoms. The van der Waals surface area contributed by atoms with Crippen molar-refractivity contribution in [2.75, 3.05) is 37.3 Å². The fourth-order valence-electron chi connectivity index (χ4n) is 2.74. The summed E-state index contributed by atoms with van der Waals surface area (Å²) in [7, 11) is -3.14. The second-order valence-corrected chi connectivity index (χ2v) is 7.29. The number of hydrogen-bond donors (Lipinski definition) is 0. The smallest absolute Gasteiger partial charge is 0.211 e. The second kappa shape index (κ2) is 5.55. The van der Waals surface area contributed by atoms with Gasteiger partial charge in [0, 0.05) is 37.3 Å². The summed E-state index contributed by atoms with van der Waals surface area (Å²) in [6.45, 7) is 2.12.